The highest BCUT2D eigenvalue weighted by atomic mass is 35.5. The van der Waals surface area contributed by atoms with Gasteiger partial charge in [0.25, 0.3) is 0 Å². The van der Waals surface area contributed by atoms with Crippen molar-refractivity contribution in [3.8, 4) is 0 Å². The van der Waals surface area contributed by atoms with Crippen molar-refractivity contribution >= 4 is 24.8 Å². The summed E-state index contributed by atoms with van der Waals surface area (Å²) in [6.07, 6.45) is 7.84. The van der Waals surface area contributed by atoms with Gasteiger partial charge in [-0.3, -0.25) is 4.90 Å². The summed E-state index contributed by atoms with van der Waals surface area (Å²) in [5.41, 5.74) is 6.34. The monoisotopic (exact) mass is 226 g/mol. The maximum atomic E-state index is 6.27. The maximum Gasteiger partial charge on any atom is 0.0687 e. The van der Waals surface area contributed by atoms with Gasteiger partial charge >= 0.3 is 0 Å². The van der Waals surface area contributed by atoms with E-state index < -0.39 is 0 Å². The summed E-state index contributed by atoms with van der Waals surface area (Å²) in [4.78, 5) is 2.42. The minimum absolute atomic E-state index is 0. The SMILES string of the molecule is CN1C2CCCC1(N)CCC2.Cl.Cl. The lowest BCUT2D eigenvalue weighted by Gasteiger charge is -2.51. The number of rotatable bonds is 0. The van der Waals surface area contributed by atoms with Crippen LogP contribution in [0.4, 0.5) is 0 Å². The van der Waals surface area contributed by atoms with Gasteiger partial charge in [-0.1, -0.05) is 0 Å². The van der Waals surface area contributed by atoms with Crippen molar-refractivity contribution in [2.75, 3.05) is 7.05 Å². The fourth-order valence-electron chi connectivity index (χ4n) is 2.66. The molecule has 2 aliphatic heterocycles. The van der Waals surface area contributed by atoms with E-state index in [2.05, 4.69) is 11.9 Å². The van der Waals surface area contributed by atoms with Crippen LogP contribution < -0.4 is 5.73 Å². The van der Waals surface area contributed by atoms with E-state index in [-0.39, 0.29) is 30.5 Å². The van der Waals surface area contributed by atoms with Gasteiger partial charge in [-0.15, -0.1) is 24.8 Å². The van der Waals surface area contributed by atoms with E-state index in [9.17, 15) is 0 Å². The Bertz CT molecular complexity index is 154. The van der Waals surface area contributed by atoms with Gasteiger partial charge in [0.2, 0.25) is 0 Å². The lowest BCUT2D eigenvalue weighted by atomic mass is 9.81. The summed E-state index contributed by atoms with van der Waals surface area (Å²) in [5.74, 6) is 0. The predicted octanol–water partition coefficient (Wildman–Crippen LogP) is 2.15. The zero-order valence-electron chi connectivity index (χ0n) is 8.16. The predicted molar refractivity (Wildman–Crippen MR) is 60.7 cm³/mol. The van der Waals surface area contributed by atoms with E-state index in [4.69, 9.17) is 5.73 Å². The molecule has 13 heavy (non-hydrogen) atoms. The molecule has 2 bridgehead atoms. The number of hydrogen-bond donors (Lipinski definition) is 1. The number of nitrogens with two attached hydrogens (primary N) is 1. The fraction of sp³-hybridized carbons (Fsp3) is 1.00. The van der Waals surface area contributed by atoms with Gasteiger partial charge in [-0.25, -0.2) is 0 Å². The average Bonchev–Trinajstić information content (AvgIpc) is 1.93. The van der Waals surface area contributed by atoms with Crippen molar-refractivity contribution in [3.63, 3.8) is 0 Å². The van der Waals surface area contributed by atoms with Gasteiger partial charge in [0.15, 0.2) is 0 Å². The summed E-state index contributed by atoms with van der Waals surface area (Å²) in [7, 11) is 2.20. The van der Waals surface area contributed by atoms with Crippen LogP contribution in [0, 0.1) is 0 Å². The number of halogens is 2. The van der Waals surface area contributed by atoms with Crippen LogP contribution in [-0.2, 0) is 0 Å². The summed E-state index contributed by atoms with van der Waals surface area (Å²) >= 11 is 0. The highest BCUT2D eigenvalue weighted by Gasteiger charge is 2.40. The third-order valence-electron chi connectivity index (χ3n) is 3.54. The molecule has 2 heterocycles. The minimum atomic E-state index is 0. The summed E-state index contributed by atoms with van der Waals surface area (Å²) in [5, 5.41) is 0. The quantitative estimate of drug-likeness (QED) is 0.687. The highest BCUT2D eigenvalue weighted by Crippen LogP contribution is 2.36. The summed E-state index contributed by atoms with van der Waals surface area (Å²) in [6, 6.07) is 0.794. The van der Waals surface area contributed by atoms with Crippen LogP contribution in [-0.4, -0.2) is 23.7 Å². The van der Waals surface area contributed by atoms with E-state index >= 15 is 0 Å². The lowest BCUT2D eigenvalue weighted by molar-refractivity contribution is -0.0140. The first-order valence-corrected chi connectivity index (χ1v) is 4.74. The van der Waals surface area contributed by atoms with Gasteiger partial charge in [-0.2, -0.15) is 0 Å². The molecule has 0 unspecified atom stereocenters. The van der Waals surface area contributed by atoms with E-state index in [1.54, 1.807) is 0 Å². The molecule has 0 radical (unpaired) electrons. The smallest absolute Gasteiger partial charge is 0.0687 e. The van der Waals surface area contributed by atoms with E-state index in [1.807, 2.05) is 0 Å². The molecule has 4 heteroatoms. The molecule has 2 N–H and O–H groups in total. The first-order chi connectivity index (χ1) is 5.22. The van der Waals surface area contributed by atoms with Gasteiger partial charge < -0.3 is 5.73 Å². The lowest BCUT2D eigenvalue weighted by Crippen LogP contribution is -2.62. The van der Waals surface area contributed by atoms with Crippen LogP contribution in [0.15, 0.2) is 0 Å². The molecule has 0 atom stereocenters. The second-order valence-electron chi connectivity index (χ2n) is 4.15. The second-order valence-corrected chi connectivity index (χ2v) is 4.15. The Kier molecular flexibility index (Phi) is 5.02. The van der Waals surface area contributed by atoms with Crippen LogP contribution in [0.25, 0.3) is 0 Å². The molecule has 2 rings (SSSR count). The molecule has 2 saturated heterocycles. The summed E-state index contributed by atoms with van der Waals surface area (Å²) < 4.78 is 0. The number of nitrogens with zero attached hydrogens (tertiary/aromatic N) is 1. The molecule has 2 nitrogen and oxygen atoms in total. The van der Waals surface area contributed by atoms with Crippen LogP contribution in [0.5, 0.6) is 0 Å². The van der Waals surface area contributed by atoms with Crippen molar-refractivity contribution in [2.45, 2.75) is 50.2 Å². The van der Waals surface area contributed by atoms with Crippen LogP contribution in [0.2, 0.25) is 0 Å². The number of fused-ring (bicyclic) bond motifs is 2. The molecular weight excluding hydrogens is 207 g/mol. The van der Waals surface area contributed by atoms with Gasteiger partial charge in [0, 0.05) is 6.04 Å². The Balaban J connectivity index is 0.000000720. The fourth-order valence-corrected chi connectivity index (χ4v) is 2.66. The molecule has 80 valence electrons. The zero-order valence-corrected chi connectivity index (χ0v) is 9.79. The Morgan fingerprint density at radius 2 is 1.62 bits per heavy atom. The Labute approximate surface area is 93.1 Å². The molecule has 2 fully saturated rings. The Hall–Kier alpha value is 0.500. The van der Waals surface area contributed by atoms with Gasteiger partial charge in [-0.05, 0) is 45.6 Å². The molecule has 0 aliphatic carbocycles. The van der Waals surface area contributed by atoms with Crippen molar-refractivity contribution in [2.24, 2.45) is 5.73 Å². The molecular formula is C9H20Cl2N2. The normalized spacial score (nSPS) is 38.8. The topological polar surface area (TPSA) is 29.3 Å². The third kappa shape index (κ3) is 2.30. The molecule has 0 spiro atoms. The average molecular weight is 227 g/mol. The zero-order chi connectivity index (χ0) is 7.90. The van der Waals surface area contributed by atoms with Crippen LogP contribution in [0.1, 0.15) is 38.5 Å². The van der Waals surface area contributed by atoms with Crippen molar-refractivity contribution in [3.05, 3.63) is 0 Å². The first kappa shape index (κ1) is 13.5. The molecule has 0 aromatic heterocycles. The maximum absolute atomic E-state index is 6.27. The van der Waals surface area contributed by atoms with Crippen molar-refractivity contribution < 1.29 is 0 Å². The highest BCUT2D eigenvalue weighted by molar-refractivity contribution is 5.85. The summed E-state index contributed by atoms with van der Waals surface area (Å²) in [6.45, 7) is 0. The molecule has 2 aliphatic rings. The molecule has 0 amide bonds. The van der Waals surface area contributed by atoms with Crippen molar-refractivity contribution in [1.82, 2.24) is 4.90 Å². The van der Waals surface area contributed by atoms with E-state index in [0.717, 1.165) is 6.04 Å². The minimum Gasteiger partial charge on any atom is -0.313 e. The Morgan fingerprint density at radius 1 is 1.15 bits per heavy atom. The standard InChI is InChI=1S/C9H18N2.2ClH/c1-11-8-4-2-6-9(11,10)7-3-5-8;;/h8H,2-7,10H2,1H3;2*1H. The van der Waals surface area contributed by atoms with E-state index in [0.29, 0.717) is 0 Å². The van der Waals surface area contributed by atoms with Crippen molar-refractivity contribution in [1.29, 1.82) is 0 Å². The third-order valence-corrected chi connectivity index (χ3v) is 3.54. The molecule has 0 aromatic rings. The Morgan fingerprint density at radius 3 is 1.92 bits per heavy atom. The molecule has 0 aromatic carbocycles. The second kappa shape index (κ2) is 4.83. The first-order valence-electron chi connectivity index (χ1n) is 4.74. The van der Waals surface area contributed by atoms with Gasteiger partial charge in [0.1, 0.15) is 0 Å². The van der Waals surface area contributed by atoms with Crippen LogP contribution in [0.3, 0.4) is 0 Å². The largest absolute Gasteiger partial charge is 0.313 e. The van der Waals surface area contributed by atoms with Gasteiger partial charge in [0.05, 0.1) is 5.66 Å². The number of piperidine rings is 2. The molecule has 0 saturated carbocycles. The van der Waals surface area contributed by atoms with Crippen LogP contribution >= 0.6 is 24.8 Å². The van der Waals surface area contributed by atoms with E-state index in [1.165, 1.54) is 38.5 Å². The number of hydrogen-bond acceptors (Lipinski definition) is 2.